The van der Waals surface area contributed by atoms with Crippen LogP contribution in [0, 0.1) is 0 Å². The van der Waals surface area contributed by atoms with E-state index in [9.17, 15) is 5.11 Å². The Morgan fingerprint density at radius 2 is 2.47 bits per heavy atom. The van der Waals surface area contributed by atoms with Gasteiger partial charge in [0.15, 0.2) is 5.82 Å². The van der Waals surface area contributed by atoms with E-state index in [1.165, 1.54) is 4.80 Å². The van der Waals surface area contributed by atoms with Crippen molar-refractivity contribution < 1.29 is 9.52 Å². The van der Waals surface area contributed by atoms with Crippen LogP contribution >= 0.6 is 0 Å². The van der Waals surface area contributed by atoms with E-state index >= 15 is 0 Å². The number of nitrogens with zero attached hydrogens (tertiary/aromatic N) is 4. The molecule has 0 aromatic carbocycles. The van der Waals surface area contributed by atoms with Crippen LogP contribution in [0.4, 0.5) is 0 Å². The van der Waals surface area contributed by atoms with Gasteiger partial charge in [0.05, 0.1) is 13.3 Å². The largest absolute Gasteiger partial charge is 0.469 e. The molecule has 0 amide bonds. The third-order valence-electron chi connectivity index (χ3n) is 3.24. The van der Waals surface area contributed by atoms with Crippen molar-refractivity contribution >= 4 is 0 Å². The third kappa shape index (κ3) is 1.74. The first kappa shape index (κ1) is 10.5. The maximum absolute atomic E-state index is 10.7. The molecule has 0 bridgehead atoms. The zero-order valence-electron chi connectivity index (χ0n) is 9.63. The topological polar surface area (TPSA) is 77.0 Å². The van der Waals surface area contributed by atoms with E-state index in [-0.39, 0.29) is 0 Å². The Kier molecular flexibility index (Phi) is 2.25. The van der Waals surface area contributed by atoms with Gasteiger partial charge in [-0.2, -0.15) is 4.80 Å². The molecule has 1 aliphatic carbocycles. The maximum atomic E-state index is 10.7. The van der Waals surface area contributed by atoms with Gasteiger partial charge in [0.2, 0.25) is 0 Å². The molecule has 6 nitrogen and oxygen atoms in total. The lowest BCUT2D eigenvalue weighted by Gasteiger charge is -2.30. The SMILES string of the molecule is Cn1nnc(CC2(O)CCCc3occc32)n1. The molecule has 2 aromatic heterocycles. The Balaban J connectivity index is 1.92. The fourth-order valence-electron chi connectivity index (χ4n) is 2.46. The highest BCUT2D eigenvalue weighted by atomic mass is 16.3. The zero-order chi connectivity index (χ0) is 11.9. The van der Waals surface area contributed by atoms with Gasteiger partial charge in [-0.25, -0.2) is 0 Å². The Morgan fingerprint density at radius 1 is 1.59 bits per heavy atom. The number of hydrogen-bond acceptors (Lipinski definition) is 5. The lowest BCUT2D eigenvalue weighted by Crippen LogP contribution is -2.32. The van der Waals surface area contributed by atoms with E-state index < -0.39 is 5.60 Å². The van der Waals surface area contributed by atoms with Crippen molar-refractivity contribution in [2.45, 2.75) is 31.3 Å². The van der Waals surface area contributed by atoms with Gasteiger partial charge in [0, 0.05) is 18.4 Å². The summed E-state index contributed by atoms with van der Waals surface area (Å²) in [5.41, 5.74) is -0.0416. The molecular formula is C11H14N4O2. The molecule has 1 aliphatic rings. The molecule has 0 spiro atoms. The predicted octanol–water partition coefficient (Wildman–Crippen LogP) is 0.570. The van der Waals surface area contributed by atoms with E-state index in [4.69, 9.17) is 4.42 Å². The molecule has 0 fully saturated rings. The summed E-state index contributed by atoms with van der Waals surface area (Å²) in [5, 5.41) is 22.5. The van der Waals surface area contributed by atoms with Crippen LogP contribution in [0.1, 0.15) is 30.0 Å². The molecule has 2 aromatic rings. The quantitative estimate of drug-likeness (QED) is 0.822. The molecule has 90 valence electrons. The normalized spacial score (nSPS) is 23.6. The molecule has 0 saturated carbocycles. The fraction of sp³-hybridized carbons (Fsp3) is 0.545. The summed E-state index contributed by atoms with van der Waals surface area (Å²) in [6.45, 7) is 0. The number of rotatable bonds is 2. The van der Waals surface area contributed by atoms with Crippen LogP contribution in [0.5, 0.6) is 0 Å². The van der Waals surface area contributed by atoms with Gasteiger partial charge in [-0.15, -0.1) is 10.2 Å². The van der Waals surface area contributed by atoms with E-state index in [2.05, 4.69) is 15.4 Å². The molecule has 6 heteroatoms. The maximum Gasteiger partial charge on any atom is 0.178 e. The summed E-state index contributed by atoms with van der Waals surface area (Å²) in [5.74, 6) is 1.44. The zero-order valence-corrected chi connectivity index (χ0v) is 9.63. The van der Waals surface area contributed by atoms with Crippen LogP contribution in [-0.2, 0) is 25.5 Å². The van der Waals surface area contributed by atoms with E-state index in [0.29, 0.717) is 18.7 Å². The Morgan fingerprint density at radius 3 is 3.24 bits per heavy atom. The Hall–Kier alpha value is -1.69. The van der Waals surface area contributed by atoms with Gasteiger partial charge in [-0.1, -0.05) is 0 Å². The van der Waals surface area contributed by atoms with Crippen LogP contribution in [0.15, 0.2) is 16.7 Å². The van der Waals surface area contributed by atoms with Crippen molar-refractivity contribution in [3.05, 3.63) is 29.5 Å². The van der Waals surface area contributed by atoms with E-state index in [1.54, 1.807) is 13.3 Å². The molecule has 1 N–H and O–H groups in total. The number of aromatic nitrogens is 4. The summed E-state index contributed by atoms with van der Waals surface area (Å²) in [6.07, 6.45) is 4.52. The minimum atomic E-state index is -0.913. The molecule has 0 aliphatic heterocycles. The van der Waals surface area contributed by atoms with Gasteiger partial charge in [-0.3, -0.25) is 0 Å². The summed E-state index contributed by atoms with van der Waals surface area (Å²) >= 11 is 0. The minimum absolute atomic E-state index is 0.382. The molecule has 0 radical (unpaired) electrons. The molecule has 17 heavy (non-hydrogen) atoms. The summed E-state index contributed by atoms with van der Waals surface area (Å²) in [7, 11) is 1.71. The first-order chi connectivity index (χ1) is 8.17. The van der Waals surface area contributed by atoms with Crippen molar-refractivity contribution in [1.82, 2.24) is 20.2 Å². The minimum Gasteiger partial charge on any atom is -0.469 e. The van der Waals surface area contributed by atoms with Gasteiger partial charge < -0.3 is 9.52 Å². The number of furan rings is 1. The molecular weight excluding hydrogens is 220 g/mol. The number of aliphatic hydroxyl groups is 1. The average molecular weight is 234 g/mol. The van der Waals surface area contributed by atoms with Gasteiger partial charge in [0.25, 0.3) is 0 Å². The van der Waals surface area contributed by atoms with Gasteiger partial charge in [-0.05, 0) is 24.1 Å². The summed E-state index contributed by atoms with van der Waals surface area (Å²) < 4.78 is 5.37. The van der Waals surface area contributed by atoms with Crippen LogP contribution in [0.25, 0.3) is 0 Å². The second-order valence-corrected chi connectivity index (χ2v) is 4.51. The lowest BCUT2D eigenvalue weighted by molar-refractivity contribution is 0.0149. The highest BCUT2D eigenvalue weighted by Gasteiger charge is 2.37. The number of fused-ring (bicyclic) bond motifs is 1. The first-order valence-electron chi connectivity index (χ1n) is 5.69. The summed E-state index contributed by atoms with van der Waals surface area (Å²) in [4.78, 5) is 1.40. The molecule has 3 rings (SSSR count). The van der Waals surface area contributed by atoms with Crippen LogP contribution in [0.3, 0.4) is 0 Å². The highest BCUT2D eigenvalue weighted by molar-refractivity contribution is 5.28. The van der Waals surface area contributed by atoms with E-state index in [1.807, 2.05) is 6.07 Å². The fourth-order valence-corrected chi connectivity index (χ4v) is 2.46. The van der Waals surface area contributed by atoms with Crippen LogP contribution < -0.4 is 0 Å². The van der Waals surface area contributed by atoms with Crippen LogP contribution in [0.2, 0.25) is 0 Å². The van der Waals surface area contributed by atoms with E-state index in [0.717, 1.165) is 24.2 Å². The molecule has 0 saturated heterocycles. The van der Waals surface area contributed by atoms with Crippen molar-refractivity contribution in [2.24, 2.45) is 7.05 Å². The third-order valence-corrected chi connectivity index (χ3v) is 3.24. The number of aryl methyl sites for hydroxylation is 2. The average Bonchev–Trinajstić information content (AvgIpc) is 2.88. The second kappa shape index (κ2) is 3.66. The standard InChI is InChI=1S/C11H14N4O2/c1-15-13-10(12-14-15)7-11(16)5-2-3-9-8(11)4-6-17-9/h4,6,16H,2-3,5,7H2,1H3. The monoisotopic (exact) mass is 234 g/mol. The van der Waals surface area contributed by atoms with Crippen molar-refractivity contribution in [1.29, 1.82) is 0 Å². The molecule has 1 atom stereocenters. The smallest absolute Gasteiger partial charge is 0.178 e. The van der Waals surface area contributed by atoms with Crippen molar-refractivity contribution in [2.75, 3.05) is 0 Å². The molecule has 2 heterocycles. The number of hydrogen-bond donors (Lipinski definition) is 1. The summed E-state index contributed by atoms with van der Waals surface area (Å²) in [6, 6.07) is 1.84. The van der Waals surface area contributed by atoms with Crippen LogP contribution in [-0.4, -0.2) is 25.3 Å². The van der Waals surface area contributed by atoms with Crippen molar-refractivity contribution in [3.63, 3.8) is 0 Å². The van der Waals surface area contributed by atoms with Crippen molar-refractivity contribution in [3.8, 4) is 0 Å². The lowest BCUT2D eigenvalue weighted by atomic mass is 9.80. The number of tetrazole rings is 1. The molecule has 1 unspecified atom stereocenters. The first-order valence-corrected chi connectivity index (χ1v) is 5.69. The van der Waals surface area contributed by atoms with Gasteiger partial charge >= 0.3 is 0 Å². The second-order valence-electron chi connectivity index (χ2n) is 4.51. The Labute approximate surface area is 98.2 Å². The predicted molar refractivity (Wildman–Crippen MR) is 58.0 cm³/mol. The van der Waals surface area contributed by atoms with Gasteiger partial charge in [0.1, 0.15) is 11.4 Å². The Bertz CT molecular complexity index is 533. The highest BCUT2D eigenvalue weighted by Crippen LogP contribution is 2.37.